The van der Waals surface area contributed by atoms with Crippen LogP contribution >= 0.6 is 11.6 Å². The van der Waals surface area contributed by atoms with Crippen molar-refractivity contribution in [3.8, 4) is 0 Å². The van der Waals surface area contributed by atoms with E-state index < -0.39 is 0 Å². The second-order valence-corrected chi connectivity index (χ2v) is 5.78. The van der Waals surface area contributed by atoms with Gasteiger partial charge in [-0.05, 0) is 18.9 Å². The minimum absolute atomic E-state index is 0.00487. The third-order valence-electron chi connectivity index (χ3n) is 3.98. The number of aromatic nitrogens is 2. The van der Waals surface area contributed by atoms with Crippen molar-refractivity contribution >= 4 is 17.5 Å². The molecule has 1 atom stereocenters. The molecule has 22 heavy (non-hydrogen) atoms. The summed E-state index contributed by atoms with van der Waals surface area (Å²) in [7, 11) is 1.91. The van der Waals surface area contributed by atoms with Crippen LogP contribution in [0.2, 0.25) is 5.02 Å². The Morgan fingerprint density at radius 3 is 2.55 bits per heavy atom. The van der Waals surface area contributed by atoms with E-state index in [0.717, 1.165) is 24.2 Å². The maximum absolute atomic E-state index is 12.5. The molecule has 0 bridgehead atoms. The number of imidazole rings is 1. The Labute approximate surface area is 136 Å². The van der Waals surface area contributed by atoms with Crippen molar-refractivity contribution in [1.82, 2.24) is 14.9 Å². The van der Waals surface area contributed by atoms with Crippen molar-refractivity contribution in [1.29, 1.82) is 0 Å². The van der Waals surface area contributed by atoms with E-state index in [1.165, 1.54) is 0 Å². The molecule has 1 N–H and O–H groups in total. The lowest BCUT2D eigenvalue weighted by Crippen LogP contribution is -2.35. The number of carbonyl (C=O) groups is 1. The van der Waals surface area contributed by atoms with E-state index in [9.17, 15) is 4.79 Å². The van der Waals surface area contributed by atoms with Gasteiger partial charge in [0, 0.05) is 35.9 Å². The molecule has 0 aliphatic carbocycles. The zero-order valence-corrected chi connectivity index (χ0v) is 14.0. The highest BCUT2D eigenvalue weighted by Crippen LogP contribution is 2.27. The molecule has 2 rings (SSSR count). The molecular weight excluding hydrogens is 298 g/mol. The SMILES string of the molecule is CCC(CC)C(=O)NC(c1ccccc1Cl)c1nccn1C. The lowest BCUT2D eigenvalue weighted by atomic mass is 10.00. The van der Waals surface area contributed by atoms with Gasteiger partial charge in [0.15, 0.2) is 0 Å². The zero-order chi connectivity index (χ0) is 16.1. The summed E-state index contributed by atoms with van der Waals surface area (Å²) in [5.74, 6) is 0.815. The predicted octanol–water partition coefficient (Wildman–Crippen LogP) is 3.72. The summed E-state index contributed by atoms with van der Waals surface area (Å²) < 4.78 is 1.90. The molecule has 5 heteroatoms. The van der Waals surface area contributed by atoms with E-state index in [0.29, 0.717) is 5.02 Å². The van der Waals surface area contributed by atoms with Crippen LogP contribution < -0.4 is 5.32 Å². The summed E-state index contributed by atoms with van der Waals surface area (Å²) >= 11 is 6.33. The Bertz CT molecular complexity index is 634. The van der Waals surface area contributed by atoms with E-state index in [4.69, 9.17) is 11.6 Å². The molecule has 1 amide bonds. The third kappa shape index (κ3) is 3.50. The molecule has 0 aliphatic heterocycles. The van der Waals surface area contributed by atoms with Crippen molar-refractivity contribution in [2.45, 2.75) is 32.7 Å². The number of amides is 1. The summed E-state index contributed by atoms with van der Waals surface area (Å²) in [6.45, 7) is 4.05. The highest BCUT2D eigenvalue weighted by atomic mass is 35.5. The fraction of sp³-hybridized carbons (Fsp3) is 0.412. The first-order valence-electron chi connectivity index (χ1n) is 7.60. The largest absolute Gasteiger partial charge is 0.342 e. The molecule has 4 nitrogen and oxygen atoms in total. The number of halogens is 1. The minimum Gasteiger partial charge on any atom is -0.342 e. The molecule has 1 aromatic carbocycles. The van der Waals surface area contributed by atoms with Gasteiger partial charge in [-0.15, -0.1) is 0 Å². The molecule has 1 heterocycles. The number of benzene rings is 1. The zero-order valence-electron chi connectivity index (χ0n) is 13.2. The van der Waals surface area contributed by atoms with Gasteiger partial charge in [0.05, 0.1) is 0 Å². The van der Waals surface area contributed by atoms with Crippen LogP contribution in [0.25, 0.3) is 0 Å². The first kappa shape index (κ1) is 16.6. The van der Waals surface area contributed by atoms with Crippen LogP contribution in [0, 0.1) is 5.92 Å². The van der Waals surface area contributed by atoms with E-state index in [-0.39, 0.29) is 17.9 Å². The first-order chi connectivity index (χ1) is 10.6. The number of hydrogen-bond donors (Lipinski definition) is 1. The molecule has 0 aliphatic rings. The quantitative estimate of drug-likeness (QED) is 0.882. The molecule has 0 fully saturated rings. The third-order valence-corrected chi connectivity index (χ3v) is 4.32. The van der Waals surface area contributed by atoms with Crippen molar-refractivity contribution in [3.05, 3.63) is 53.1 Å². The van der Waals surface area contributed by atoms with Gasteiger partial charge in [-0.25, -0.2) is 4.98 Å². The predicted molar refractivity (Wildman–Crippen MR) is 88.7 cm³/mol. The highest BCUT2D eigenvalue weighted by molar-refractivity contribution is 6.31. The minimum atomic E-state index is -0.346. The Kier molecular flexibility index (Phi) is 5.61. The van der Waals surface area contributed by atoms with E-state index >= 15 is 0 Å². The molecule has 0 saturated heterocycles. The van der Waals surface area contributed by atoms with Gasteiger partial charge in [0.25, 0.3) is 0 Å². The van der Waals surface area contributed by atoms with Gasteiger partial charge in [0.1, 0.15) is 11.9 Å². The van der Waals surface area contributed by atoms with Crippen LogP contribution in [-0.2, 0) is 11.8 Å². The second kappa shape index (κ2) is 7.45. The maximum atomic E-state index is 12.5. The molecule has 0 spiro atoms. The standard InChI is InChI=1S/C17H22ClN3O/c1-4-12(5-2)17(22)20-15(16-19-10-11-21(16)3)13-8-6-7-9-14(13)18/h6-12,15H,4-5H2,1-3H3,(H,20,22). The van der Waals surface area contributed by atoms with Crippen LogP contribution in [-0.4, -0.2) is 15.5 Å². The van der Waals surface area contributed by atoms with Crippen LogP contribution in [0.15, 0.2) is 36.7 Å². The first-order valence-corrected chi connectivity index (χ1v) is 7.98. The number of hydrogen-bond acceptors (Lipinski definition) is 2. The topological polar surface area (TPSA) is 46.9 Å². The van der Waals surface area contributed by atoms with Crippen molar-refractivity contribution < 1.29 is 4.79 Å². The molecule has 0 radical (unpaired) electrons. The monoisotopic (exact) mass is 319 g/mol. The lowest BCUT2D eigenvalue weighted by Gasteiger charge is -2.22. The number of nitrogens with one attached hydrogen (secondary N) is 1. The second-order valence-electron chi connectivity index (χ2n) is 5.37. The molecular formula is C17H22ClN3O. The van der Waals surface area contributed by atoms with Crippen LogP contribution in [0.3, 0.4) is 0 Å². The van der Waals surface area contributed by atoms with E-state index in [1.54, 1.807) is 6.20 Å². The molecule has 1 unspecified atom stereocenters. The number of nitrogens with zero attached hydrogens (tertiary/aromatic N) is 2. The van der Waals surface area contributed by atoms with Crippen LogP contribution in [0.4, 0.5) is 0 Å². The highest BCUT2D eigenvalue weighted by Gasteiger charge is 2.25. The van der Waals surface area contributed by atoms with Gasteiger partial charge >= 0.3 is 0 Å². The van der Waals surface area contributed by atoms with Gasteiger partial charge in [-0.1, -0.05) is 43.6 Å². The number of carbonyl (C=O) groups excluding carboxylic acids is 1. The smallest absolute Gasteiger partial charge is 0.223 e. The molecule has 118 valence electrons. The van der Waals surface area contributed by atoms with Gasteiger partial charge < -0.3 is 9.88 Å². The summed E-state index contributed by atoms with van der Waals surface area (Å²) in [6, 6.07) is 7.21. The van der Waals surface area contributed by atoms with Crippen LogP contribution in [0.1, 0.15) is 44.1 Å². The van der Waals surface area contributed by atoms with Crippen LogP contribution in [0.5, 0.6) is 0 Å². The summed E-state index contributed by atoms with van der Waals surface area (Å²) in [5, 5.41) is 3.74. The van der Waals surface area contributed by atoms with Crippen molar-refractivity contribution in [3.63, 3.8) is 0 Å². The summed E-state index contributed by atoms with van der Waals surface area (Å²) in [4.78, 5) is 16.9. The molecule has 0 saturated carbocycles. The summed E-state index contributed by atoms with van der Waals surface area (Å²) in [5.41, 5.74) is 0.859. The van der Waals surface area contributed by atoms with E-state index in [2.05, 4.69) is 10.3 Å². The summed E-state index contributed by atoms with van der Waals surface area (Å²) in [6.07, 6.45) is 5.22. The fourth-order valence-corrected chi connectivity index (χ4v) is 2.81. The van der Waals surface area contributed by atoms with Crippen molar-refractivity contribution in [2.24, 2.45) is 13.0 Å². The van der Waals surface area contributed by atoms with Gasteiger partial charge in [-0.3, -0.25) is 4.79 Å². The Hall–Kier alpha value is -1.81. The number of aryl methyl sites for hydroxylation is 1. The van der Waals surface area contributed by atoms with E-state index in [1.807, 2.05) is 55.9 Å². The molecule has 2 aromatic rings. The Balaban J connectivity index is 2.37. The normalized spacial score (nSPS) is 12.4. The fourth-order valence-electron chi connectivity index (χ4n) is 2.57. The maximum Gasteiger partial charge on any atom is 0.223 e. The van der Waals surface area contributed by atoms with Gasteiger partial charge in [0.2, 0.25) is 5.91 Å². The Morgan fingerprint density at radius 1 is 1.32 bits per heavy atom. The van der Waals surface area contributed by atoms with Gasteiger partial charge in [-0.2, -0.15) is 0 Å². The lowest BCUT2D eigenvalue weighted by molar-refractivity contribution is -0.125. The molecule has 1 aromatic heterocycles. The number of rotatable bonds is 6. The average Bonchev–Trinajstić information content (AvgIpc) is 2.93. The Morgan fingerprint density at radius 2 is 2.00 bits per heavy atom. The average molecular weight is 320 g/mol. The van der Waals surface area contributed by atoms with Crippen molar-refractivity contribution in [2.75, 3.05) is 0 Å².